The number of aromatic nitrogens is 1. The SMILES string of the molecule is CCN(C(=O)Cn1c(C(=O)CC2CCC(C(=O)NCCCCCNC(=O)CCl)CC2)cc2sccc21)c1cccc(C)c1. The fraction of sp³-hybridized carbons (Fsp3) is 0.515. The van der Waals surface area contributed by atoms with E-state index >= 15 is 0 Å². The Morgan fingerprint density at radius 1 is 1.00 bits per heavy atom. The van der Waals surface area contributed by atoms with E-state index < -0.39 is 0 Å². The molecule has 0 radical (unpaired) electrons. The van der Waals surface area contributed by atoms with Crippen LogP contribution in [0.25, 0.3) is 10.2 Å². The quantitative estimate of drug-likeness (QED) is 0.121. The molecule has 1 aliphatic rings. The molecule has 10 heteroatoms. The van der Waals surface area contributed by atoms with Gasteiger partial charge in [0.2, 0.25) is 17.7 Å². The van der Waals surface area contributed by atoms with E-state index in [1.54, 1.807) is 16.2 Å². The number of thiophene rings is 1. The lowest BCUT2D eigenvalue weighted by Gasteiger charge is -2.27. The number of benzene rings is 1. The maximum absolute atomic E-state index is 13.6. The number of alkyl halides is 1. The van der Waals surface area contributed by atoms with Gasteiger partial charge in [-0.25, -0.2) is 0 Å². The highest BCUT2D eigenvalue weighted by Gasteiger charge is 2.29. The number of halogens is 1. The average Bonchev–Trinajstić information content (AvgIpc) is 3.60. The van der Waals surface area contributed by atoms with Crippen LogP contribution in [-0.4, -0.2) is 53.6 Å². The number of anilines is 1. The Balaban J connectivity index is 1.27. The van der Waals surface area contributed by atoms with Crippen molar-refractivity contribution in [3.63, 3.8) is 0 Å². The van der Waals surface area contributed by atoms with Crippen molar-refractivity contribution in [3.8, 4) is 0 Å². The molecule has 1 saturated carbocycles. The number of nitrogens with zero attached hydrogens (tertiary/aromatic N) is 2. The van der Waals surface area contributed by atoms with Crippen LogP contribution in [0.1, 0.15) is 74.3 Å². The number of hydrogen-bond donors (Lipinski definition) is 2. The van der Waals surface area contributed by atoms with E-state index in [0.717, 1.165) is 66.4 Å². The third-order valence-electron chi connectivity index (χ3n) is 8.32. The monoisotopic (exact) mass is 626 g/mol. The van der Waals surface area contributed by atoms with Gasteiger partial charge in [0.1, 0.15) is 12.4 Å². The number of aryl methyl sites for hydroxylation is 1. The summed E-state index contributed by atoms with van der Waals surface area (Å²) in [7, 11) is 0. The number of fused-ring (bicyclic) bond motifs is 1. The molecule has 0 unspecified atom stereocenters. The molecule has 1 fully saturated rings. The van der Waals surface area contributed by atoms with E-state index in [0.29, 0.717) is 31.7 Å². The van der Waals surface area contributed by atoms with Crippen LogP contribution in [0.15, 0.2) is 41.8 Å². The Morgan fingerprint density at radius 2 is 1.74 bits per heavy atom. The zero-order valence-corrected chi connectivity index (χ0v) is 26.8. The second-order valence-electron chi connectivity index (χ2n) is 11.4. The van der Waals surface area contributed by atoms with Crippen molar-refractivity contribution in [2.24, 2.45) is 11.8 Å². The number of likely N-dealkylation sites (N-methyl/N-ethyl adjacent to an activating group) is 1. The highest BCUT2D eigenvalue weighted by atomic mass is 35.5. The topological polar surface area (TPSA) is 101 Å². The summed E-state index contributed by atoms with van der Waals surface area (Å²) in [5.74, 6) is 0.154. The van der Waals surface area contributed by atoms with Gasteiger partial charge in [0.25, 0.3) is 0 Å². The lowest BCUT2D eigenvalue weighted by molar-refractivity contribution is -0.126. The predicted molar refractivity (Wildman–Crippen MR) is 174 cm³/mol. The Labute approximate surface area is 263 Å². The van der Waals surface area contributed by atoms with Gasteiger partial charge < -0.3 is 20.1 Å². The summed E-state index contributed by atoms with van der Waals surface area (Å²) in [5, 5.41) is 7.79. The first-order chi connectivity index (χ1) is 20.8. The summed E-state index contributed by atoms with van der Waals surface area (Å²) in [4.78, 5) is 52.7. The predicted octanol–water partition coefficient (Wildman–Crippen LogP) is 6.09. The van der Waals surface area contributed by atoms with Crippen molar-refractivity contribution < 1.29 is 19.2 Å². The number of rotatable bonds is 15. The van der Waals surface area contributed by atoms with E-state index in [2.05, 4.69) is 10.6 Å². The van der Waals surface area contributed by atoms with Crippen molar-refractivity contribution >= 4 is 62.3 Å². The number of amides is 3. The minimum atomic E-state index is -0.159. The van der Waals surface area contributed by atoms with Crippen LogP contribution in [0.5, 0.6) is 0 Å². The summed E-state index contributed by atoms with van der Waals surface area (Å²) in [6, 6.07) is 11.8. The van der Waals surface area contributed by atoms with Crippen molar-refractivity contribution in [3.05, 3.63) is 53.0 Å². The lowest BCUT2D eigenvalue weighted by Crippen LogP contribution is -2.35. The molecule has 0 saturated heterocycles. The van der Waals surface area contributed by atoms with Gasteiger partial charge in [0.05, 0.1) is 15.9 Å². The molecule has 2 N–H and O–H groups in total. The molecule has 3 amide bonds. The molecule has 1 aromatic carbocycles. The summed E-state index contributed by atoms with van der Waals surface area (Å²) in [6.07, 6.45) is 6.32. The molecule has 2 heterocycles. The van der Waals surface area contributed by atoms with E-state index in [9.17, 15) is 19.2 Å². The number of hydrogen-bond acceptors (Lipinski definition) is 5. The molecule has 1 aliphatic carbocycles. The highest BCUT2D eigenvalue weighted by Crippen LogP contribution is 2.33. The van der Waals surface area contributed by atoms with Gasteiger partial charge in [-0.05, 0) is 99.9 Å². The number of nitrogens with one attached hydrogen (secondary N) is 2. The second kappa shape index (κ2) is 16.1. The van der Waals surface area contributed by atoms with Crippen LogP contribution in [0.2, 0.25) is 0 Å². The number of carbonyl (C=O) groups excluding carboxylic acids is 4. The molecule has 0 bridgehead atoms. The largest absolute Gasteiger partial charge is 0.356 e. The van der Waals surface area contributed by atoms with Crippen molar-refractivity contribution in [1.82, 2.24) is 15.2 Å². The summed E-state index contributed by atoms with van der Waals surface area (Å²) >= 11 is 7.04. The number of unbranched alkanes of at least 4 members (excludes halogenated alkanes) is 2. The van der Waals surface area contributed by atoms with Crippen molar-refractivity contribution in [1.29, 1.82) is 0 Å². The average molecular weight is 627 g/mol. The van der Waals surface area contributed by atoms with E-state index in [1.807, 2.05) is 60.2 Å². The van der Waals surface area contributed by atoms with E-state index in [1.165, 1.54) is 0 Å². The first-order valence-corrected chi connectivity index (χ1v) is 16.8. The van der Waals surface area contributed by atoms with Crippen LogP contribution in [0.4, 0.5) is 5.69 Å². The first kappa shape index (κ1) is 32.7. The third-order valence-corrected chi connectivity index (χ3v) is 9.42. The number of ketones is 1. The molecule has 2 aromatic heterocycles. The van der Waals surface area contributed by atoms with Crippen molar-refractivity contribution in [2.45, 2.75) is 71.8 Å². The first-order valence-electron chi connectivity index (χ1n) is 15.4. The maximum Gasteiger partial charge on any atom is 0.246 e. The highest BCUT2D eigenvalue weighted by molar-refractivity contribution is 7.17. The van der Waals surface area contributed by atoms with Gasteiger partial charge in [-0.3, -0.25) is 19.2 Å². The molecule has 232 valence electrons. The molecule has 0 atom stereocenters. The van der Waals surface area contributed by atoms with E-state index in [4.69, 9.17) is 11.6 Å². The number of Topliss-reactive ketones (excluding diaryl/α,β-unsaturated/α-hetero) is 1. The van der Waals surface area contributed by atoms with Crippen LogP contribution in [0, 0.1) is 18.8 Å². The van der Waals surface area contributed by atoms with Gasteiger partial charge in [0.15, 0.2) is 5.78 Å². The Morgan fingerprint density at radius 3 is 2.44 bits per heavy atom. The third kappa shape index (κ3) is 8.92. The molecule has 0 aliphatic heterocycles. The Kier molecular flexibility index (Phi) is 12.2. The Bertz CT molecular complexity index is 1410. The maximum atomic E-state index is 13.6. The van der Waals surface area contributed by atoms with Gasteiger partial charge in [-0.15, -0.1) is 22.9 Å². The molecule has 3 aromatic rings. The normalized spacial score (nSPS) is 16.6. The molecule has 0 spiro atoms. The second-order valence-corrected chi connectivity index (χ2v) is 12.7. The molecule has 43 heavy (non-hydrogen) atoms. The van der Waals surface area contributed by atoms with Crippen LogP contribution in [0.3, 0.4) is 0 Å². The van der Waals surface area contributed by atoms with E-state index in [-0.39, 0.29) is 47.8 Å². The smallest absolute Gasteiger partial charge is 0.246 e. The molecule has 4 rings (SSSR count). The molecular weight excluding hydrogens is 584 g/mol. The summed E-state index contributed by atoms with van der Waals surface area (Å²) < 4.78 is 2.90. The molecule has 8 nitrogen and oxygen atoms in total. The summed E-state index contributed by atoms with van der Waals surface area (Å²) in [5.41, 5.74) is 3.47. The minimum absolute atomic E-state index is 0.0113. The van der Waals surface area contributed by atoms with Gasteiger partial charge in [-0.1, -0.05) is 12.1 Å². The lowest BCUT2D eigenvalue weighted by atomic mass is 9.79. The molecular formula is C33H43ClN4O4S. The van der Waals surface area contributed by atoms with Crippen LogP contribution < -0.4 is 15.5 Å². The fourth-order valence-electron chi connectivity index (χ4n) is 5.95. The van der Waals surface area contributed by atoms with Gasteiger partial charge >= 0.3 is 0 Å². The fourth-order valence-corrected chi connectivity index (χ4v) is 6.87. The van der Waals surface area contributed by atoms with Crippen molar-refractivity contribution in [2.75, 3.05) is 30.4 Å². The Hall–Kier alpha value is -3.17. The zero-order chi connectivity index (χ0) is 30.8. The summed E-state index contributed by atoms with van der Waals surface area (Å²) in [6.45, 7) is 5.87. The standard InChI is InChI=1S/C33H43ClN4O4S/c1-3-37(26-9-7-8-23(2)18-26)32(41)22-38-27-14-17-43-30(27)20-28(38)29(39)19-24-10-12-25(13-11-24)33(42)36-16-6-4-5-15-35-31(40)21-34/h7-9,14,17-18,20,24-25H,3-6,10-13,15-16,19,21-22H2,1-2H3,(H,35,40)(H,36,42). The van der Waals surface area contributed by atoms with Crippen LogP contribution in [-0.2, 0) is 20.9 Å². The van der Waals surface area contributed by atoms with Gasteiger partial charge in [-0.2, -0.15) is 0 Å². The van der Waals surface area contributed by atoms with Crippen LogP contribution >= 0.6 is 22.9 Å². The minimum Gasteiger partial charge on any atom is -0.356 e. The number of carbonyl (C=O) groups is 4. The van der Waals surface area contributed by atoms with Gasteiger partial charge in [0, 0.05) is 37.7 Å². The zero-order valence-electron chi connectivity index (χ0n) is 25.2.